The smallest absolute Gasteiger partial charge is 0.429 e. The molecule has 2 heterocycles. The number of alkyl halides is 3. The molecule has 0 radical (unpaired) electrons. The zero-order valence-electron chi connectivity index (χ0n) is 24.7. The summed E-state index contributed by atoms with van der Waals surface area (Å²) in [6.45, 7) is 14.2. The Morgan fingerprint density at radius 1 is 1.20 bits per heavy atom. The van der Waals surface area contributed by atoms with Crippen LogP contribution in [0.1, 0.15) is 85.6 Å². The SMILES string of the molecule is CC.CC(C)(C)OC(=O)N1Cc2c(cc(C(O)(C[N+](=O)[O-])C(F)(F)F)nc2-c2ccc(F)c(Cl)c2)C1(C)C.CCC. The molecule has 8 nitrogen and oxygen atoms in total. The summed E-state index contributed by atoms with van der Waals surface area (Å²) in [6.07, 6.45) is -4.98. The number of benzene rings is 1. The molecular weight excluding hydrogens is 570 g/mol. The largest absolute Gasteiger partial charge is 0.444 e. The number of amides is 1. The molecule has 1 unspecified atom stereocenters. The summed E-state index contributed by atoms with van der Waals surface area (Å²) >= 11 is 5.89. The maximum absolute atomic E-state index is 14.0. The predicted molar refractivity (Wildman–Crippen MR) is 149 cm³/mol. The Bertz CT molecular complexity index is 1250. The van der Waals surface area contributed by atoms with Crippen molar-refractivity contribution in [3.63, 3.8) is 0 Å². The highest BCUT2D eigenvalue weighted by Crippen LogP contribution is 2.47. The Hall–Kier alpha value is -2.99. The van der Waals surface area contributed by atoms with Crippen molar-refractivity contribution in [1.29, 1.82) is 0 Å². The van der Waals surface area contributed by atoms with Gasteiger partial charge in [-0.3, -0.25) is 15.0 Å². The van der Waals surface area contributed by atoms with E-state index >= 15 is 0 Å². The second-order valence-electron chi connectivity index (χ2n) is 10.7. The van der Waals surface area contributed by atoms with Crippen LogP contribution in [0.4, 0.5) is 22.4 Å². The van der Waals surface area contributed by atoms with E-state index in [1.807, 2.05) is 13.8 Å². The quantitative estimate of drug-likeness (QED) is 0.214. The highest BCUT2D eigenvalue weighted by atomic mass is 35.5. The molecule has 0 fully saturated rings. The maximum Gasteiger partial charge on any atom is 0.429 e. The van der Waals surface area contributed by atoms with Crippen LogP contribution in [0.25, 0.3) is 11.3 Å². The number of nitro groups is 1. The summed E-state index contributed by atoms with van der Waals surface area (Å²) in [7, 11) is 0. The van der Waals surface area contributed by atoms with Crippen LogP contribution in [0.15, 0.2) is 24.3 Å². The molecule has 13 heteroatoms. The molecule has 2 aromatic rings. The van der Waals surface area contributed by atoms with Gasteiger partial charge in [0, 0.05) is 16.1 Å². The van der Waals surface area contributed by atoms with Crippen molar-refractivity contribution >= 4 is 17.7 Å². The van der Waals surface area contributed by atoms with Crippen LogP contribution in [-0.4, -0.2) is 44.3 Å². The molecule has 1 aliphatic rings. The monoisotopic (exact) mass is 607 g/mol. The van der Waals surface area contributed by atoms with E-state index in [0.29, 0.717) is 5.56 Å². The molecule has 41 heavy (non-hydrogen) atoms. The number of aliphatic hydroxyl groups is 1. The number of hydrogen-bond donors (Lipinski definition) is 1. The van der Waals surface area contributed by atoms with Crippen LogP contribution in [0.5, 0.6) is 0 Å². The van der Waals surface area contributed by atoms with Crippen LogP contribution in [-0.2, 0) is 22.4 Å². The lowest BCUT2D eigenvalue weighted by Crippen LogP contribution is -2.48. The number of rotatable bonds is 4. The molecule has 0 aliphatic carbocycles. The third kappa shape index (κ3) is 8.06. The van der Waals surface area contributed by atoms with E-state index in [9.17, 15) is 37.6 Å². The van der Waals surface area contributed by atoms with Crippen molar-refractivity contribution in [3.8, 4) is 11.3 Å². The summed E-state index contributed by atoms with van der Waals surface area (Å²) in [4.78, 5) is 28.0. The molecule has 1 aromatic heterocycles. The first kappa shape index (κ1) is 36.0. The Balaban J connectivity index is 0.00000157. The normalized spacial score (nSPS) is 15.4. The first-order chi connectivity index (χ1) is 18.7. The molecule has 0 saturated heterocycles. The predicted octanol–water partition coefficient (Wildman–Crippen LogP) is 8.00. The number of fused-ring (bicyclic) bond motifs is 1. The Morgan fingerprint density at radius 3 is 2.17 bits per heavy atom. The van der Waals surface area contributed by atoms with Gasteiger partial charge >= 0.3 is 12.3 Å². The summed E-state index contributed by atoms with van der Waals surface area (Å²) in [6, 6.07) is 4.24. The second kappa shape index (κ2) is 13.3. The average Bonchev–Trinajstić information content (AvgIpc) is 3.10. The van der Waals surface area contributed by atoms with Gasteiger partial charge in [-0.25, -0.2) is 14.2 Å². The number of halogens is 5. The number of ether oxygens (including phenoxy) is 1. The van der Waals surface area contributed by atoms with E-state index in [-0.39, 0.29) is 28.4 Å². The fourth-order valence-corrected chi connectivity index (χ4v) is 4.17. The first-order valence-electron chi connectivity index (χ1n) is 13.1. The molecule has 1 N–H and O–H groups in total. The zero-order valence-corrected chi connectivity index (χ0v) is 25.5. The molecule has 0 saturated carbocycles. The van der Waals surface area contributed by atoms with E-state index in [2.05, 4.69) is 18.8 Å². The number of hydrogen-bond acceptors (Lipinski definition) is 6. The minimum Gasteiger partial charge on any atom is -0.444 e. The minimum atomic E-state index is -5.47. The third-order valence-corrected chi connectivity index (χ3v) is 6.12. The summed E-state index contributed by atoms with van der Waals surface area (Å²) in [5, 5.41) is 21.3. The van der Waals surface area contributed by atoms with Gasteiger partial charge in [-0.2, -0.15) is 13.2 Å². The molecule has 0 bridgehead atoms. The van der Waals surface area contributed by atoms with Crippen LogP contribution in [0.2, 0.25) is 5.02 Å². The molecule has 230 valence electrons. The number of pyridine rings is 1. The van der Waals surface area contributed by atoms with Crippen molar-refractivity contribution in [3.05, 3.63) is 62.0 Å². The van der Waals surface area contributed by atoms with Crippen LogP contribution < -0.4 is 0 Å². The Morgan fingerprint density at radius 2 is 1.73 bits per heavy atom. The lowest BCUT2D eigenvalue weighted by atomic mass is 9.88. The topological polar surface area (TPSA) is 106 Å². The van der Waals surface area contributed by atoms with E-state index in [1.54, 1.807) is 34.6 Å². The van der Waals surface area contributed by atoms with Gasteiger partial charge in [-0.1, -0.05) is 45.7 Å². The lowest BCUT2D eigenvalue weighted by Gasteiger charge is -2.34. The summed E-state index contributed by atoms with van der Waals surface area (Å²) in [5.41, 5.74) is -6.74. The van der Waals surface area contributed by atoms with Crippen molar-refractivity contribution in [2.75, 3.05) is 6.54 Å². The van der Waals surface area contributed by atoms with Gasteiger partial charge in [-0.05, 0) is 64.4 Å². The van der Waals surface area contributed by atoms with Crippen LogP contribution >= 0.6 is 11.6 Å². The lowest BCUT2D eigenvalue weighted by molar-refractivity contribution is -0.519. The van der Waals surface area contributed by atoms with Gasteiger partial charge in [0.05, 0.1) is 28.5 Å². The minimum absolute atomic E-state index is 0.0898. The molecule has 1 aromatic carbocycles. The van der Waals surface area contributed by atoms with Gasteiger partial charge in [0.15, 0.2) is 0 Å². The Labute approximate surface area is 242 Å². The molecule has 1 atom stereocenters. The third-order valence-electron chi connectivity index (χ3n) is 5.83. The fraction of sp³-hybridized carbons (Fsp3) is 0.571. The van der Waals surface area contributed by atoms with Gasteiger partial charge < -0.3 is 9.84 Å². The highest BCUT2D eigenvalue weighted by Gasteiger charge is 2.61. The Kier molecular flexibility index (Phi) is 11.7. The van der Waals surface area contributed by atoms with E-state index < -0.39 is 52.0 Å². The summed E-state index contributed by atoms with van der Waals surface area (Å²) in [5.74, 6) is -0.788. The number of nitrogens with zero attached hydrogens (tertiary/aromatic N) is 3. The molecule has 0 spiro atoms. The van der Waals surface area contributed by atoms with E-state index in [0.717, 1.165) is 18.2 Å². The number of aromatic nitrogens is 1. The standard InChI is InChI=1S/C23H24ClF4N3O5.C3H8.C2H6/c1-20(2,3)36-19(32)30-10-13-14(21(30,4)5)9-17(22(33,11-31(34)35)23(26,27)28)29-18(13)12-6-7-16(25)15(24)8-12;1-3-2;1-2/h6-9,33H,10-11H2,1-5H3;3H2,1-2H3;1-2H3. The molecule has 1 amide bonds. The van der Waals surface area contributed by atoms with Gasteiger partial charge in [0.2, 0.25) is 6.54 Å². The van der Waals surface area contributed by atoms with Crippen molar-refractivity contribution < 1.29 is 37.1 Å². The van der Waals surface area contributed by atoms with Gasteiger partial charge in [0.1, 0.15) is 11.4 Å². The fourth-order valence-electron chi connectivity index (χ4n) is 3.99. The van der Waals surface area contributed by atoms with Crippen LogP contribution in [0, 0.1) is 15.9 Å². The van der Waals surface area contributed by atoms with Crippen molar-refractivity contribution in [2.24, 2.45) is 0 Å². The van der Waals surface area contributed by atoms with Gasteiger partial charge in [0.25, 0.3) is 5.60 Å². The number of carbonyl (C=O) groups is 1. The molecule has 3 rings (SSSR count). The van der Waals surface area contributed by atoms with Crippen LogP contribution in [0.3, 0.4) is 0 Å². The zero-order chi connectivity index (χ0) is 32.1. The van der Waals surface area contributed by atoms with Crippen molar-refractivity contribution in [2.45, 2.75) is 98.2 Å². The first-order valence-corrected chi connectivity index (χ1v) is 13.5. The molecule has 1 aliphatic heterocycles. The van der Waals surface area contributed by atoms with Crippen molar-refractivity contribution in [1.82, 2.24) is 9.88 Å². The maximum atomic E-state index is 14.0. The highest BCUT2D eigenvalue weighted by molar-refractivity contribution is 6.31. The number of carbonyl (C=O) groups excluding carboxylic acids is 1. The molecular formula is C28H38ClF4N3O5. The van der Waals surface area contributed by atoms with E-state index in [1.165, 1.54) is 17.4 Å². The van der Waals surface area contributed by atoms with E-state index in [4.69, 9.17) is 16.3 Å². The summed E-state index contributed by atoms with van der Waals surface area (Å²) < 4.78 is 61.2. The van der Waals surface area contributed by atoms with Gasteiger partial charge in [-0.15, -0.1) is 0 Å². The average molecular weight is 608 g/mol. The second-order valence-corrected chi connectivity index (χ2v) is 11.1.